The third-order valence-corrected chi connectivity index (χ3v) is 4.55. The maximum Gasteiger partial charge on any atom is 0.161 e. The van der Waals surface area contributed by atoms with Crippen LogP contribution in [0.5, 0.6) is 11.5 Å². The topological polar surface area (TPSA) is 50.7 Å². The van der Waals surface area contributed by atoms with Gasteiger partial charge in [0.2, 0.25) is 0 Å². The summed E-state index contributed by atoms with van der Waals surface area (Å²) in [6, 6.07) is 11.0. The van der Waals surface area contributed by atoms with Gasteiger partial charge in [-0.2, -0.15) is 0 Å². The highest BCUT2D eigenvalue weighted by Gasteiger charge is 2.20. The molecular weight excluding hydrogens is 321 g/mol. The van der Waals surface area contributed by atoms with E-state index in [1.165, 1.54) is 11.6 Å². The molecule has 1 aliphatic carbocycles. The summed E-state index contributed by atoms with van der Waals surface area (Å²) in [6.07, 6.45) is 3.12. The molecule has 2 aromatic rings. The number of aliphatic hydroxyl groups is 1. The van der Waals surface area contributed by atoms with Gasteiger partial charge in [0.25, 0.3) is 0 Å². The summed E-state index contributed by atoms with van der Waals surface area (Å²) in [5, 5.41) is 12.4. The zero-order valence-electron chi connectivity index (χ0n) is 14.4. The van der Waals surface area contributed by atoms with E-state index in [1.54, 1.807) is 13.2 Å². The van der Waals surface area contributed by atoms with Gasteiger partial charge >= 0.3 is 0 Å². The number of halogens is 1. The first kappa shape index (κ1) is 17.7. The number of fused-ring (bicyclic) bond motifs is 1. The molecule has 0 amide bonds. The highest BCUT2D eigenvalue weighted by Crippen LogP contribution is 2.32. The second kappa shape index (κ2) is 8.32. The molecule has 0 bridgehead atoms. The number of aryl methyl sites for hydroxylation is 1. The molecule has 5 heteroatoms. The molecule has 0 radical (unpaired) electrons. The highest BCUT2D eigenvalue weighted by atomic mass is 19.1. The summed E-state index contributed by atoms with van der Waals surface area (Å²) in [5.74, 6) is 1.08. The number of hydrogen-bond acceptors (Lipinski definition) is 4. The molecular formula is C20H24FNO3. The van der Waals surface area contributed by atoms with Crippen molar-refractivity contribution in [1.29, 1.82) is 0 Å². The Bertz CT molecular complexity index is 720. The lowest BCUT2D eigenvalue weighted by atomic mass is 9.87. The van der Waals surface area contributed by atoms with Gasteiger partial charge in [-0.3, -0.25) is 0 Å². The Kier molecular flexibility index (Phi) is 5.89. The largest absolute Gasteiger partial charge is 0.493 e. The van der Waals surface area contributed by atoms with Crippen LogP contribution in [0.25, 0.3) is 0 Å². The SMILES string of the molecule is COc1cc(CNC2CCCc3ccc(F)cc32)ccc1OCCO. The van der Waals surface area contributed by atoms with Crippen molar-refractivity contribution in [2.45, 2.75) is 31.8 Å². The van der Waals surface area contributed by atoms with Crippen LogP contribution < -0.4 is 14.8 Å². The molecule has 1 aliphatic rings. The smallest absolute Gasteiger partial charge is 0.161 e. The number of nitrogens with one attached hydrogen (secondary N) is 1. The lowest BCUT2D eigenvalue weighted by Crippen LogP contribution is -2.25. The van der Waals surface area contributed by atoms with Crippen molar-refractivity contribution in [3.8, 4) is 11.5 Å². The van der Waals surface area contributed by atoms with Gasteiger partial charge in [-0.15, -0.1) is 0 Å². The van der Waals surface area contributed by atoms with Crippen molar-refractivity contribution in [2.24, 2.45) is 0 Å². The van der Waals surface area contributed by atoms with Gasteiger partial charge in [-0.1, -0.05) is 12.1 Å². The predicted molar refractivity (Wildman–Crippen MR) is 94.5 cm³/mol. The Balaban J connectivity index is 1.69. The van der Waals surface area contributed by atoms with Crippen LogP contribution in [0.2, 0.25) is 0 Å². The van der Waals surface area contributed by atoms with Crippen molar-refractivity contribution in [3.63, 3.8) is 0 Å². The minimum absolute atomic E-state index is 0.0376. The van der Waals surface area contributed by atoms with Gasteiger partial charge in [0, 0.05) is 12.6 Å². The molecule has 25 heavy (non-hydrogen) atoms. The Morgan fingerprint density at radius 1 is 1.20 bits per heavy atom. The summed E-state index contributed by atoms with van der Waals surface area (Å²) < 4.78 is 24.4. The van der Waals surface area contributed by atoms with Crippen molar-refractivity contribution < 1.29 is 19.0 Å². The molecule has 2 N–H and O–H groups in total. The van der Waals surface area contributed by atoms with E-state index >= 15 is 0 Å². The lowest BCUT2D eigenvalue weighted by molar-refractivity contribution is 0.196. The molecule has 0 saturated carbocycles. The molecule has 0 aromatic heterocycles. The number of hydrogen-bond donors (Lipinski definition) is 2. The Labute approximate surface area is 147 Å². The first-order valence-corrected chi connectivity index (χ1v) is 8.63. The molecule has 0 spiro atoms. The van der Waals surface area contributed by atoms with Crippen LogP contribution in [0.15, 0.2) is 36.4 Å². The number of methoxy groups -OCH3 is 1. The molecule has 4 nitrogen and oxygen atoms in total. The van der Waals surface area contributed by atoms with E-state index in [9.17, 15) is 4.39 Å². The molecule has 0 heterocycles. The second-order valence-electron chi connectivity index (χ2n) is 6.23. The monoisotopic (exact) mass is 345 g/mol. The summed E-state index contributed by atoms with van der Waals surface area (Å²) in [5.41, 5.74) is 3.37. The van der Waals surface area contributed by atoms with Gasteiger partial charge in [0.1, 0.15) is 12.4 Å². The molecule has 1 atom stereocenters. The lowest BCUT2D eigenvalue weighted by Gasteiger charge is -2.26. The third kappa shape index (κ3) is 4.30. The van der Waals surface area contributed by atoms with E-state index in [2.05, 4.69) is 5.32 Å². The Morgan fingerprint density at radius 3 is 2.88 bits per heavy atom. The molecule has 134 valence electrons. The zero-order chi connectivity index (χ0) is 17.6. The average molecular weight is 345 g/mol. The quantitative estimate of drug-likeness (QED) is 0.808. The minimum atomic E-state index is -0.181. The van der Waals surface area contributed by atoms with Crippen LogP contribution in [-0.4, -0.2) is 25.4 Å². The van der Waals surface area contributed by atoms with Crippen LogP contribution in [0.3, 0.4) is 0 Å². The number of ether oxygens (including phenoxy) is 2. The average Bonchev–Trinajstić information content (AvgIpc) is 2.64. The minimum Gasteiger partial charge on any atom is -0.493 e. The first-order chi connectivity index (χ1) is 12.2. The van der Waals surface area contributed by atoms with Crippen molar-refractivity contribution >= 4 is 0 Å². The van der Waals surface area contributed by atoms with E-state index in [-0.39, 0.29) is 25.1 Å². The van der Waals surface area contributed by atoms with E-state index in [4.69, 9.17) is 14.6 Å². The number of benzene rings is 2. The van der Waals surface area contributed by atoms with E-state index < -0.39 is 0 Å². The van der Waals surface area contributed by atoms with Gasteiger partial charge in [0.15, 0.2) is 11.5 Å². The summed E-state index contributed by atoms with van der Waals surface area (Å²) in [4.78, 5) is 0. The van der Waals surface area contributed by atoms with Crippen LogP contribution in [0.4, 0.5) is 4.39 Å². The van der Waals surface area contributed by atoms with E-state index in [1.807, 2.05) is 24.3 Å². The summed E-state index contributed by atoms with van der Waals surface area (Å²) in [7, 11) is 1.60. The van der Waals surface area contributed by atoms with E-state index in [0.29, 0.717) is 18.0 Å². The van der Waals surface area contributed by atoms with Gasteiger partial charge < -0.3 is 19.9 Å². The van der Waals surface area contributed by atoms with Crippen molar-refractivity contribution in [2.75, 3.05) is 20.3 Å². The maximum atomic E-state index is 13.6. The fourth-order valence-corrected chi connectivity index (χ4v) is 3.32. The molecule has 3 rings (SSSR count). The number of rotatable bonds is 7. The van der Waals surface area contributed by atoms with Crippen molar-refractivity contribution in [1.82, 2.24) is 5.32 Å². The van der Waals surface area contributed by atoms with Gasteiger partial charge in [-0.05, 0) is 60.2 Å². The fraction of sp³-hybridized carbons (Fsp3) is 0.400. The normalized spacial score (nSPS) is 16.4. The highest BCUT2D eigenvalue weighted by molar-refractivity contribution is 5.43. The van der Waals surface area contributed by atoms with Crippen LogP contribution in [0, 0.1) is 5.82 Å². The molecule has 0 saturated heterocycles. The second-order valence-corrected chi connectivity index (χ2v) is 6.23. The summed E-state index contributed by atoms with van der Waals surface area (Å²) >= 11 is 0. The van der Waals surface area contributed by atoms with Gasteiger partial charge in [-0.25, -0.2) is 4.39 Å². The fourth-order valence-electron chi connectivity index (χ4n) is 3.32. The Hall–Kier alpha value is -2.11. The summed E-state index contributed by atoms with van der Waals surface area (Å²) in [6.45, 7) is 0.861. The van der Waals surface area contributed by atoms with Crippen LogP contribution in [-0.2, 0) is 13.0 Å². The predicted octanol–water partition coefficient (Wildman–Crippen LogP) is 3.37. The number of aliphatic hydroxyl groups excluding tert-OH is 1. The zero-order valence-corrected chi connectivity index (χ0v) is 14.4. The van der Waals surface area contributed by atoms with Gasteiger partial charge in [0.05, 0.1) is 13.7 Å². The molecule has 1 unspecified atom stereocenters. The Morgan fingerprint density at radius 2 is 2.08 bits per heavy atom. The van der Waals surface area contributed by atoms with Crippen molar-refractivity contribution in [3.05, 3.63) is 58.9 Å². The molecule has 0 aliphatic heterocycles. The standard InChI is InChI=1S/C20H24FNO3/c1-24-20-11-14(5-8-19(20)25-10-9-23)13-22-18-4-2-3-15-6-7-16(21)12-17(15)18/h5-8,11-12,18,22-23H,2-4,9-10,13H2,1H3. The molecule has 0 fully saturated rings. The third-order valence-electron chi connectivity index (χ3n) is 4.55. The first-order valence-electron chi connectivity index (χ1n) is 8.63. The van der Waals surface area contributed by atoms with Crippen LogP contribution in [0.1, 0.15) is 35.6 Å². The van der Waals surface area contributed by atoms with E-state index in [0.717, 1.165) is 30.4 Å². The maximum absolute atomic E-state index is 13.6. The molecule has 2 aromatic carbocycles. The van der Waals surface area contributed by atoms with Crippen LogP contribution >= 0.6 is 0 Å².